The lowest BCUT2D eigenvalue weighted by molar-refractivity contribution is 0.289. The van der Waals surface area contributed by atoms with Crippen LogP contribution in [0.3, 0.4) is 0 Å². The number of rotatable bonds is 4. The summed E-state index contributed by atoms with van der Waals surface area (Å²) in [5.41, 5.74) is 0. The highest BCUT2D eigenvalue weighted by molar-refractivity contribution is 7.99. The molecule has 0 saturated heterocycles. The quantitative estimate of drug-likeness (QED) is 0.590. The number of thioether (sulfide) groups is 1. The minimum Gasteiger partial charge on any atom is -0.396 e. The summed E-state index contributed by atoms with van der Waals surface area (Å²) in [6.45, 7) is 4.19. The van der Waals surface area contributed by atoms with E-state index in [9.17, 15) is 0 Å². The zero-order chi connectivity index (χ0) is 9.68. The van der Waals surface area contributed by atoms with Crippen molar-refractivity contribution in [2.45, 2.75) is 30.5 Å². The van der Waals surface area contributed by atoms with E-state index in [4.69, 9.17) is 5.11 Å². The van der Waals surface area contributed by atoms with Crippen LogP contribution in [-0.2, 0) is 0 Å². The lowest BCUT2D eigenvalue weighted by Gasteiger charge is -2.07. The maximum absolute atomic E-state index is 8.72. The zero-order valence-corrected chi connectivity index (χ0v) is 8.71. The summed E-state index contributed by atoms with van der Waals surface area (Å²) >= 11 is 1.67. The fourth-order valence-electron chi connectivity index (χ4n) is 0.947. The first-order valence-electron chi connectivity index (χ1n) is 4.29. The van der Waals surface area contributed by atoms with Gasteiger partial charge in [0, 0.05) is 18.1 Å². The van der Waals surface area contributed by atoms with Gasteiger partial charge in [-0.05, 0) is 19.4 Å². The Balaban J connectivity index is 2.53. The molecule has 0 bridgehead atoms. The lowest BCUT2D eigenvalue weighted by Crippen LogP contribution is -2.00. The Bertz CT molecular complexity index is 268. The van der Waals surface area contributed by atoms with Crippen LogP contribution in [0.5, 0.6) is 0 Å². The van der Waals surface area contributed by atoms with Crippen molar-refractivity contribution in [3.63, 3.8) is 0 Å². The zero-order valence-electron chi connectivity index (χ0n) is 7.90. The van der Waals surface area contributed by atoms with Gasteiger partial charge in [-0.3, -0.25) is 0 Å². The third-order valence-electron chi connectivity index (χ3n) is 1.61. The highest BCUT2D eigenvalue weighted by Crippen LogP contribution is 2.22. The molecule has 1 rings (SSSR count). The number of nitrogens with zero attached hydrogens (tertiary/aromatic N) is 2. The molecule has 4 heteroatoms. The molecule has 0 aromatic carbocycles. The highest BCUT2D eigenvalue weighted by Gasteiger charge is 2.04. The van der Waals surface area contributed by atoms with Gasteiger partial charge in [-0.15, -0.1) is 11.8 Å². The average Bonchev–Trinajstić information content (AvgIpc) is 2.04. The van der Waals surface area contributed by atoms with E-state index in [-0.39, 0.29) is 6.61 Å². The number of aryl methyl sites for hydroxylation is 1. The molecule has 0 spiro atoms. The second kappa shape index (κ2) is 5.19. The van der Waals surface area contributed by atoms with Gasteiger partial charge < -0.3 is 5.11 Å². The molecule has 0 aliphatic rings. The molecule has 3 nitrogen and oxygen atoms in total. The number of aliphatic hydroxyl groups excluding tert-OH is 1. The summed E-state index contributed by atoms with van der Waals surface area (Å²) in [6, 6.07) is 1.89. The van der Waals surface area contributed by atoms with Crippen molar-refractivity contribution in [3.8, 4) is 0 Å². The topological polar surface area (TPSA) is 46.0 Å². The summed E-state index contributed by atoms with van der Waals surface area (Å²) in [5.74, 6) is 0.793. The Labute approximate surface area is 82.6 Å². The van der Waals surface area contributed by atoms with Crippen molar-refractivity contribution in [1.82, 2.24) is 9.97 Å². The van der Waals surface area contributed by atoms with Crippen molar-refractivity contribution < 1.29 is 5.11 Å². The molecule has 13 heavy (non-hydrogen) atoms. The van der Waals surface area contributed by atoms with Gasteiger partial charge in [0.15, 0.2) is 0 Å². The first kappa shape index (κ1) is 10.5. The molecule has 0 radical (unpaired) electrons. The summed E-state index contributed by atoms with van der Waals surface area (Å²) in [7, 11) is 0. The molecule has 0 amide bonds. The van der Waals surface area contributed by atoms with Gasteiger partial charge in [0.25, 0.3) is 0 Å². The normalized spacial score (nSPS) is 12.8. The van der Waals surface area contributed by atoms with Gasteiger partial charge in [0.05, 0.1) is 5.03 Å². The summed E-state index contributed by atoms with van der Waals surface area (Å²) < 4.78 is 0. The first-order chi connectivity index (χ1) is 6.22. The second-order valence-corrected chi connectivity index (χ2v) is 4.34. The van der Waals surface area contributed by atoms with Gasteiger partial charge in [-0.1, -0.05) is 6.92 Å². The minimum absolute atomic E-state index is 0.234. The van der Waals surface area contributed by atoms with Gasteiger partial charge in [-0.2, -0.15) is 0 Å². The maximum atomic E-state index is 8.72. The summed E-state index contributed by atoms with van der Waals surface area (Å²) in [4.78, 5) is 8.28. The smallest absolute Gasteiger partial charge is 0.126 e. The Hall–Kier alpha value is -0.610. The molecule has 1 aromatic heterocycles. The van der Waals surface area contributed by atoms with E-state index in [1.165, 1.54) is 0 Å². The number of aromatic nitrogens is 2. The van der Waals surface area contributed by atoms with Crippen LogP contribution in [0.15, 0.2) is 17.3 Å². The van der Waals surface area contributed by atoms with E-state index < -0.39 is 0 Å². The monoisotopic (exact) mass is 198 g/mol. The Kier molecular flexibility index (Phi) is 4.18. The van der Waals surface area contributed by atoms with Crippen LogP contribution in [0, 0.1) is 6.92 Å². The van der Waals surface area contributed by atoms with Crippen LogP contribution in [0.2, 0.25) is 0 Å². The third kappa shape index (κ3) is 3.74. The van der Waals surface area contributed by atoms with E-state index >= 15 is 0 Å². The fourth-order valence-corrected chi connectivity index (χ4v) is 1.91. The number of hydrogen-bond donors (Lipinski definition) is 1. The third-order valence-corrected chi connectivity index (χ3v) is 2.71. The van der Waals surface area contributed by atoms with Crippen molar-refractivity contribution >= 4 is 11.8 Å². The molecule has 72 valence electrons. The number of aliphatic hydroxyl groups is 1. The molecule has 0 aliphatic heterocycles. The second-order valence-electron chi connectivity index (χ2n) is 2.88. The highest BCUT2D eigenvalue weighted by atomic mass is 32.2. The Morgan fingerprint density at radius 3 is 3.00 bits per heavy atom. The van der Waals surface area contributed by atoms with Crippen molar-refractivity contribution in [2.24, 2.45) is 0 Å². The first-order valence-corrected chi connectivity index (χ1v) is 5.17. The molecule has 1 aromatic rings. The van der Waals surface area contributed by atoms with Crippen molar-refractivity contribution in [3.05, 3.63) is 18.1 Å². The van der Waals surface area contributed by atoms with Gasteiger partial charge >= 0.3 is 0 Å². The molecule has 0 saturated carbocycles. The predicted molar refractivity (Wildman–Crippen MR) is 53.8 cm³/mol. The minimum atomic E-state index is 0.234. The molecule has 0 fully saturated rings. The predicted octanol–water partition coefficient (Wildman–Crippen LogP) is 1.65. The van der Waals surface area contributed by atoms with Crippen LogP contribution >= 0.6 is 11.8 Å². The van der Waals surface area contributed by atoms with E-state index in [1.807, 2.05) is 13.0 Å². The molecule has 0 aliphatic carbocycles. The number of hydrogen-bond acceptors (Lipinski definition) is 4. The fraction of sp³-hybridized carbons (Fsp3) is 0.556. The average molecular weight is 198 g/mol. The Morgan fingerprint density at radius 2 is 2.38 bits per heavy atom. The molecule has 1 unspecified atom stereocenters. The van der Waals surface area contributed by atoms with E-state index in [0.29, 0.717) is 5.25 Å². The van der Waals surface area contributed by atoms with Gasteiger partial charge in [0.2, 0.25) is 0 Å². The van der Waals surface area contributed by atoms with E-state index in [1.54, 1.807) is 18.0 Å². The van der Waals surface area contributed by atoms with Gasteiger partial charge in [-0.25, -0.2) is 9.97 Å². The summed E-state index contributed by atoms with van der Waals surface area (Å²) in [6.07, 6.45) is 2.56. The van der Waals surface area contributed by atoms with Crippen LogP contribution < -0.4 is 0 Å². The van der Waals surface area contributed by atoms with Crippen LogP contribution in [0.1, 0.15) is 19.2 Å². The Morgan fingerprint density at radius 1 is 1.62 bits per heavy atom. The van der Waals surface area contributed by atoms with Gasteiger partial charge in [0.1, 0.15) is 5.82 Å². The van der Waals surface area contributed by atoms with Crippen LogP contribution in [-0.4, -0.2) is 26.9 Å². The van der Waals surface area contributed by atoms with Crippen molar-refractivity contribution in [1.29, 1.82) is 0 Å². The molecule has 1 atom stereocenters. The molecule has 1 heterocycles. The summed E-state index contributed by atoms with van der Waals surface area (Å²) in [5, 5.41) is 10.1. The maximum Gasteiger partial charge on any atom is 0.126 e. The molecular formula is C9H14N2OS. The SMILES string of the molecule is Cc1nccc(SC(C)CCO)n1. The van der Waals surface area contributed by atoms with Crippen molar-refractivity contribution in [2.75, 3.05) is 6.61 Å². The molecule has 1 N–H and O–H groups in total. The standard InChI is InChI=1S/C9H14N2OS/c1-7(4-6-12)13-9-3-5-10-8(2)11-9/h3,5,7,12H,4,6H2,1-2H3. The lowest BCUT2D eigenvalue weighted by atomic mass is 10.3. The van der Waals surface area contributed by atoms with E-state index in [2.05, 4.69) is 16.9 Å². The largest absolute Gasteiger partial charge is 0.396 e. The van der Waals surface area contributed by atoms with Crippen LogP contribution in [0.25, 0.3) is 0 Å². The van der Waals surface area contributed by atoms with Crippen LogP contribution in [0.4, 0.5) is 0 Å². The molecular weight excluding hydrogens is 184 g/mol. The van der Waals surface area contributed by atoms with E-state index in [0.717, 1.165) is 17.3 Å².